The number of nitrogens with zero attached hydrogens (tertiary/aromatic N) is 2. The average Bonchev–Trinajstić information content (AvgIpc) is 3.06. The standard InChI is InChI=1S/C18H17FN2O3/c1-9(18(23)24)21-7-13-14(8-21)16(13)17(22)11-4-5-20-15-3-2-10(19)6-12(11)15/h2-6,9,13-14,16H,7-8H2,1H3,(H,23,24). The summed E-state index contributed by atoms with van der Waals surface area (Å²) in [6.07, 6.45) is 1.57. The van der Waals surface area contributed by atoms with Gasteiger partial charge in [0.25, 0.3) is 0 Å². The molecule has 0 spiro atoms. The van der Waals surface area contributed by atoms with Crippen molar-refractivity contribution < 1.29 is 19.1 Å². The van der Waals surface area contributed by atoms with E-state index in [-0.39, 0.29) is 29.4 Å². The van der Waals surface area contributed by atoms with E-state index in [1.165, 1.54) is 12.1 Å². The van der Waals surface area contributed by atoms with Gasteiger partial charge in [-0.2, -0.15) is 0 Å². The molecule has 3 unspecified atom stereocenters. The Kier molecular flexibility index (Phi) is 3.38. The normalized spacial score (nSPS) is 27.0. The Labute approximate surface area is 138 Å². The molecule has 124 valence electrons. The van der Waals surface area contributed by atoms with E-state index in [9.17, 15) is 14.0 Å². The number of benzene rings is 1. The first kappa shape index (κ1) is 15.2. The van der Waals surface area contributed by atoms with E-state index in [0.29, 0.717) is 29.6 Å². The maximum Gasteiger partial charge on any atom is 0.320 e. The molecule has 4 rings (SSSR count). The molecule has 6 heteroatoms. The smallest absolute Gasteiger partial charge is 0.320 e. The Balaban J connectivity index is 1.56. The van der Waals surface area contributed by atoms with Crippen molar-refractivity contribution in [3.8, 4) is 0 Å². The van der Waals surface area contributed by atoms with Crippen molar-refractivity contribution >= 4 is 22.7 Å². The van der Waals surface area contributed by atoms with Crippen LogP contribution in [-0.4, -0.2) is 45.9 Å². The van der Waals surface area contributed by atoms with Gasteiger partial charge in [0, 0.05) is 36.2 Å². The highest BCUT2D eigenvalue weighted by molar-refractivity contribution is 6.09. The second-order valence-electron chi connectivity index (χ2n) is 6.71. The van der Waals surface area contributed by atoms with Crippen molar-refractivity contribution in [2.24, 2.45) is 17.8 Å². The number of rotatable bonds is 4. The van der Waals surface area contributed by atoms with Crippen LogP contribution in [0.4, 0.5) is 4.39 Å². The van der Waals surface area contributed by atoms with E-state index in [1.807, 2.05) is 4.90 Å². The molecule has 1 saturated carbocycles. The van der Waals surface area contributed by atoms with Crippen LogP contribution in [0, 0.1) is 23.6 Å². The fraction of sp³-hybridized carbons (Fsp3) is 0.389. The van der Waals surface area contributed by atoms with Gasteiger partial charge in [-0.15, -0.1) is 0 Å². The van der Waals surface area contributed by atoms with Gasteiger partial charge in [0.1, 0.15) is 11.9 Å². The van der Waals surface area contributed by atoms with Crippen molar-refractivity contribution in [1.29, 1.82) is 0 Å². The van der Waals surface area contributed by atoms with Crippen LogP contribution in [0.5, 0.6) is 0 Å². The Morgan fingerprint density at radius 3 is 2.67 bits per heavy atom. The molecule has 3 atom stereocenters. The maximum atomic E-state index is 13.5. The SMILES string of the molecule is CC(C(=O)O)N1CC2C(C1)C2C(=O)c1ccnc2ccc(F)cc12. The number of carbonyl (C=O) groups excluding carboxylic acids is 1. The molecule has 1 aromatic heterocycles. The van der Waals surface area contributed by atoms with Gasteiger partial charge in [-0.25, -0.2) is 4.39 Å². The minimum Gasteiger partial charge on any atom is -0.480 e. The first-order valence-electron chi connectivity index (χ1n) is 8.02. The number of aromatic nitrogens is 1. The number of carbonyl (C=O) groups is 2. The number of likely N-dealkylation sites (tertiary alicyclic amines) is 1. The van der Waals surface area contributed by atoms with Crippen LogP contribution >= 0.6 is 0 Å². The summed E-state index contributed by atoms with van der Waals surface area (Å²) in [6.45, 7) is 2.93. The van der Waals surface area contributed by atoms with Crippen molar-refractivity contribution in [2.45, 2.75) is 13.0 Å². The summed E-state index contributed by atoms with van der Waals surface area (Å²) in [5.74, 6) is -0.884. The molecule has 24 heavy (non-hydrogen) atoms. The highest BCUT2D eigenvalue weighted by Crippen LogP contribution is 2.53. The van der Waals surface area contributed by atoms with Gasteiger partial charge < -0.3 is 5.11 Å². The minimum absolute atomic E-state index is 0.0191. The van der Waals surface area contributed by atoms with Crippen LogP contribution in [0.25, 0.3) is 10.9 Å². The van der Waals surface area contributed by atoms with Gasteiger partial charge in [0.15, 0.2) is 5.78 Å². The molecular formula is C18H17FN2O3. The zero-order chi connectivity index (χ0) is 17.0. The highest BCUT2D eigenvalue weighted by atomic mass is 19.1. The van der Waals surface area contributed by atoms with Crippen LogP contribution in [0.3, 0.4) is 0 Å². The molecular weight excluding hydrogens is 311 g/mol. The monoisotopic (exact) mass is 328 g/mol. The lowest BCUT2D eigenvalue weighted by Crippen LogP contribution is -2.39. The molecule has 2 aliphatic rings. The van der Waals surface area contributed by atoms with Gasteiger partial charge >= 0.3 is 5.97 Å². The van der Waals surface area contributed by atoms with Crippen molar-refractivity contribution in [3.63, 3.8) is 0 Å². The van der Waals surface area contributed by atoms with E-state index in [2.05, 4.69) is 4.98 Å². The van der Waals surface area contributed by atoms with Crippen LogP contribution in [0.1, 0.15) is 17.3 Å². The highest BCUT2D eigenvalue weighted by Gasteiger charge is 2.60. The predicted molar refractivity (Wildman–Crippen MR) is 85.2 cm³/mol. The lowest BCUT2D eigenvalue weighted by atomic mass is 10.00. The molecule has 0 bridgehead atoms. The second-order valence-corrected chi connectivity index (χ2v) is 6.71. The third-order valence-electron chi connectivity index (χ3n) is 5.40. The van der Waals surface area contributed by atoms with Gasteiger partial charge in [0.2, 0.25) is 0 Å². The maximum absolute atomic E-state index is 13.5. The largest absolute Gasteiger partial charge is 0.480 e. The summed E-state index contributed by atoms with van der Waals surface area (Å²) in [4.78, 5) is 30.0. The van der Waals surface area contributed by atoms with Crippen LogP contribution < -0.4 is 0 Å². The molecule has 2 aromatic rings. The van der Waals surface area contributed by atoms with Gasteiger partial charge in [-0.3, -0.25) is 19.5 Å². The molecule has 2 heterocycles. The minimum atomic E-state index is -0.838. The topological polar surface area (TPSA) is 70.5 Å². The van der Waals surface area contributed by atoms with Gasteiger partial charge in [-0.1, -0.05) is 0 Å². The summed E-state index contributed by atoms with van der Waals surface area (Å²) in [6, 6.07) is 5.39. The van der Waals surface area contributed by atoms with Crippen LogP contribution in [-0.2, 0) is 4.79 Å². The number of hydrogen-bond donors (Lipinski definition) is 1. The van der Waals surface area contributed by atoms with Crippen LogP contribution in [0.2, 0.25) is 0 Å². The number of Topliss-reactive ketones (excluding diaryl/α,β-unsaturated/α-hetero) is 1. The molecule has 1 aliphatic heterocycles. The number of hydrogen-bond acceptors (Lipinski definition) is 4. The zero-order valence-corrected chi connectivity index (χ0v) is 13.1. The summed E-state index contributed by atoms with van der Waals surface area (Å²) in [5, 5.41) is 9.63. The second kappa shape index (κ2) is 5.34. The Hall–Kier alpha value is -2.34. The number of carboxylic acid groups (broad SMARTS) is 1. The van der Waals surface area contributed by atoms with Crippen LogP contribution in [0.15, 0.2) is 30.5 Å². The average molecular weight is 328 g/mol. The molecule has 0 amide bonds. The van der Waals surface area contributed by atoms with E-state index in [0.717, 1.165) is 0 Å². The predicted octanol–water partition coefficient (Wildman–Crippen LogP) is 2.21. The molecule has 1 saturated heterocycles. The molecule has 2 fully saturated rings. The number of pyridine rings is 1. The van der Waals surface area contributed by atoms with E-state index in [1.54, 1.807) is 25.3 Å². The van der Waals surface area contributed by atoms with Gasteiger partial charge in [0.05, 0.1) is 5.52 Å². The molecule has 5 nitrogen and oxygen atoms in total. The fourth-order valence-electron chi connectivity index (χ4n) is 3.93. The fourth-order valence-corrected chi connectivity index (χ4v) is 3.93. The number of aliphatic carboxylic acids is 1. The number of ketones is 1. The summed E-state index contributed by atoms with van der Waals surface area (Å²) in [7, 11) is 0. The Morgan fingerprint density at radius 2 is 2.00 bits per heavy atom. The van der Waals surface area contributed by atoms with Crippen molar-refractivity contribution in [1.82, 2.24) is 9.88 Å². The quantitative estimate of drug-likeness (QED) is 0.872. The Morgan fingerprint density at radius 1 is 1.29 bits per heavy atom. The zero-order valence-electron chi connectivity index (χ0n) is 13.1. The summed E-state index contributed by atoms with van der Waals surface area (Å²) in [5.41, 5.74) is 1.12. The third-order valence-corrected chi connectivity index (χ3v) is 5.40. The Bertz CT molecular complexity index is 841. The van der Waals surface area contributed by atoms with E-state index < -0.39 is 12.0 Å². The number of halogens is 1. The lowest BCUT2D eigenvalue weighted by molar-refractivity contribution is -0.142. The molecule has 1 aromatic carbocycles. The first-order valence-corrected chi connectivity index (χ1v) is 8.02. The summed E-state index contributed by atoms with van der Waals surface area (Å²) >= 11 is 0. The van der Waals surface area contributed by atoms with E-state index >= 15 is 0 Å². The third kappa shape index (κ3) is 2.29. The van der Waals surface area contributed by atoms with Crippen molar-refractivity contribution in [3.05, 3.63) is 41.8 Å². The number of fused-ring (bicyclic) bond motifs is 2. The van der Waals surface area contributed by atoms with Crippen molar-refractivity contribution in [2.75, 3.05) is 13.1 Å². The summed E-state index contributed by atoms with van der Waals surface area (Å²) < 4.78 is 13.5. The first-order chi connectivity index (χ1) is 11.5. The van der Waals surface area contributed by atoms with E-state index in [4.69, 9.17) is 5.11 Å². The lowest BCUT2D eigenvalue weighted by Gasteiger charge is -2.23. The molecule has 0 radical (unpaired) electrons. The molecule has 1 aliphatic carbocycles. The number of carboxylic acids is 1. The molecule has 1 N–H and O–H groups in total. The van der Waals surface area contributed by atoms with Gasteiger partial charge in [-0.05, 0) is 43.0 Å². The number of piperidine rings is 1.